The zero-order valence-corrected chi connectivity index (χ0v) is 18.1. The highest BCUT2D eigenvalue weighted by molar-refractivity contribution is 5.97. The summed E-state index contributed by atoms with van der Waals surface area (Å²) in [6, 6.07) is 18.5. The Labute approximate surface area is 191 Å². The van der Waals surface area contributed by atoms with Crippen LogP contribution >= 0.6 is 0 Å². The molecule has 33 heavy (non-hydrogen) atoms. The molecule has 2 heterocycles. The number of aliphatic hydroxyl groups excluding tert-OH is 1. The van der Waals surface area contributed by atoms with Gasteiger partial charge in [0.1, 0.15) is 18.2 Å². The summed E-state index contributed by atoms with van der Waals surface area (Å²) in [5, 5.41) is 9.04. The molecule has 1 aliphatic heterocycles. The molecule has 170 valence electrons. The molecule has 8 heteroatoms. The maximum Gasteiger partial charge on any atom is 0.326 e. The predicted molar refractivity (Wildman–Crippen MR) is 124 cm³/mol. The third kappa shape index (κ3) is 5.35. The number of aliphatic hydroxyl groups is 1. The Morgan fingerprint density at radius 2 is 1.64 bits per heavy atom. The zero-order chi connectivity index (χ0) is 23.2. The van der Waals surface area contributed by atoms with Gasteiger partial charge in [-0.2, -0.15) is 0 Å². The van der Waals surface area contributed by atoms with E-state index in [9.17, 15) is 14.0 Å². The van der Waals surface area contributed by atoms with E-state index in [1.165, 1.54) is 12.1 Å². The zero-order valence-electron chi connectivity index (χ0n) is 18.1. The Morgan fingerprint density at radius 3 is 2.24 bits per heavy atom. The lowest BCUT2D eigenvalue weighted by Gasteiger charge is -2.38. The topological polar surface area (TPSA) is 77.0 Å². The van der Waals surface area contributed by atoms with E-state index in [1.807, 2.05) is 6.07 Å². The first-order valence-corrected chi connectivity index (χ1v) is 10.8. The normalized spacial score (nSPS) is 13.6. The molecule has 1 aliphatic rings. The molecule has 1 aromatic heterocycles. The van der Waals surface area contributed by atoms with Gasteiger partial charge in [-0.25, -0.2) is 14.2 Å². The lowest BCUT2D eigenvalue weighted by atomic mass is 10.1. The molecule has 2 amide bonds. The van der Waals surface area contributed by atoms with Crippen LogP contribution in [0.15, 0.2) is 72.9 Å². The highest BCUT2D eigenvalue weighted by Crippen LogP contribution is 2.21. The van der Waals surface area contributed by atoms with Crippen LogP contribution in [-0.2, 0) is 6.54 Å². The number of ketones is 1. The molecular weight excluding hydrogens is 423 g/mol. The largest absolute Gasteiger partial charge is 0.388 e. The van der Waals surface area contributed by atoms with Gasteiger partial charge >= 0.3 is 6.03 Å². The van der Waals surface area contributed by atoms with E-state index < -0.39 is 6.61 Å². The first-order valence-electron chi connectivity index (χ1n) is 10.8. The van der Waals surface area contributed by atoms with Crippen LogP contribution in [0, 0.1) is 5.82 Å². The number of benzene rings is 2. The van der Waals surface area contributed by atoms with E-state index in [0.29, 0.717) is 44.1 Å². The van der Waals surface area contributed by atoms with Crippen LogP contribution in [-0.4, -0.2) is 59.6 Å². The highest BCUT2D eigenvalue weighted by atomic mass is 19.1. The minimum Gasteiger partial charge on any atom is -0.388 e. The molecule has 1 saturated heterocycles. The molecule has 7 nitrogen and oxygen atoms in total. The van der Waals surface area contributed by atoms with Crippen molar-refractivity contribution in [2.75, 3.05) is 42.6 Å². The molecule has 3 aromatic rings. The fourth-order valence-electron chi connectivity index (χ4n) is 3.81. The number of anilines is 2. The fourth-order valence-corrected chi connectivity index (χ4v) is 3.81. The highest BCUT2D eigenvalue weighted by Gasteiger charge is 2.27. The van der Waals surface area contributed by atoms with E-state index in [2.05, 4.69) is 9.88 Å². The maximum atomic E-state index is 13.5. The van der Waals surface area contributed by atoms with Gasteiger partial charge in [0.2, 0.25) is 0 Å². The van der Waals surface area contributed by atoms with Crippen molar-refractivity contribution in [3.05, 3.63) is 89.9 Å². The number of aromatic nitrogens is 1. The van der Waals surface area contributed by atoms with Crippen LogP contribution in [0.3, 0.4) is 0 Å². The summed E-state index contributed by atoms with van der Waals surface area (Å²) in [4.78, 5) is 35.1. The molecule has 0 bridgehead atoms. The molecule has 0 radical (unpaired) electrons. The molecule has 0 atom stereocenters. The number of urea groups is 1. The number of halogens is 1. The van der Waals surface area contributed by atoms with Crippen molar-refractivity contribution in [3.63, 3.8) is 0 Å². The van der Waals surface area contributed by atoms with Crippen LogP contribution < -0.4 is 9.80 Å². The smallest absolute Gasteiger partial charge is 0.326 e. The molecule has 0 aliphatic carbocycles. The van der Waals surface area contributed by atoms with Gasteiger partial charge in [-0.1, -0.05) is 30.3 Å². The van der Waals surface area contributed by atoms with Gasteiger partial charge in [0.15, 0.2) is 5.78 Å². The maximum absolute atomic E-state index is 13.5. The first kappa shape index (κ1) is 22.4. The van der Waals surface area contributed by atoms with E-state index in [4.69, 9.17) is 5.11 Å². The first-order chi connectivity index (χ1) is 16.0. The number of rotatable bonds is 6. The van der Waals surface area contributed by atoms with Crippen LogP contribution in [0.4, 0.5) is 20.7 Å². The quantitative estimate of drug-likeness (QED) is 0.586. The van der Waals surface area contributed by atoms with E-state index in [1.54, 1.807) is 64.5 Å². The van der Waals surface area contributed by atoms with E-state index in [-0.39, 0.29) is 17.6 Å². The van der Waals surface area contributed by atoms with Gasteiger partial charge in [-0.05, 0) is 42.0 Å². The van der Waals surface area contributed by atoms with Crippen LogP contribution in [0.5, 0.6) is 0 Å². The summed E-state index contributed by atoms with van der Waals surface area (Å²) in [5.41, 5.74) is 2.20. The minimum absolute atomic E-state index is 0.150. The van der Waals surface area contributed by atoms with E-state index >= 15 is 0 Å². The Morgan fingerprint density at radius 1 is 0.939 bits per heavy atom. The van der Waals surface area contributed by atoms with Gasteiger partial charge in [0, 0.05) is 43.6 Å². The second kappa shape index (κ2) is 10.2. The lowest BCUT2D eigenvalue weighted by molar-refractivity contribution is 0.0903. The van der Waals surface area contributed by atoms with Crippen LogP contribution in [0.25, 0.3) is 0 Å². The number of hydrogen-bond donors (Lipinski definition) is 1. The van der Waals surface area contributed by atoms with Gasteiger partial charge < -0.3 is 14.9 Å². The number of Topliss-reactive ketones (excluding diaryl/α,β-unsaturated/α-hetero) is 1. The van der Waals surface area contributed by atoms with Crippen LogP contribution in [0.1, 0.15) is 15.9 Å². The molecule has 1 fully saturated rings. The summed E-state index contributed by atoms with van der Waals surface area (Å²) >= 11 is 0. The Kier molecular flexibility index (Phi) is 6.95. The Bertz CT molecular complexity index is 1080. The minimum atomic E-state index is -0.540. The molecule has 4 rings (SSSR count). The van der Waals surface area contributed by atoms with E-state index in [0.717, 1.165) is 11.3 Å². The van der Waals surface area contributed by atoms with Crippen molar-refractivity contribution in [3.8, 4) is 0 Å². The number of amides is 2. The molecular formula is C25H25FN4O3. The van der Waals surface area contributed by atoms with Crippen molar-refractivity contribution < 1.29 is 19.1 Å². The second-order valence-electron chi connectivity index (χ2n) is 7.79. The van der Waals surface area contributed by atoms with Gasteiger partial charge in [0.05, 0.1) is 6.54 Å². The monoisotopic (exact) mass is 448 g/mol. The number of nitrogens with zero attached hydrogens (tertiary/aromatic N) is 4. The molecule has 1 N–H and O–H groups in total. The molecule has 0 saturated carbocycles. The number of pyridine rings is 1. The molecule has 2 aromatic carbocycles. The number of piperazine rings is 1. The average Bonchev–Trinajstić information content (AvgIpc) is 2.88. The summed E-state index contributed by atoms with van der Waals surface area (Å²) in [6.45, 7) is 2.10. The van der Waals surface area contributed by atoms with Crippen molar-refractivity contribution in [2.24, 2.45) is 0 Å². The molecule has 0 spiro atoms. The average molecular weight is 448 g/mol. The summed E-state index contributed by atoms with van der Waals surface area (Å²) in [6.07, 6.45) is 1.64. The predicted octanol–water partition coefficient (Wildman–Crippen LogP) is 3.34. The number of hydrogen-bond acceptors (Lipinski definition) is 5. The Hall–Kier alpha value is -3.78. The van der Waals surface area contributed by atoms with Crippen molar-refractivity contribution in [1.82, 2.24) is 9.88 Å². The lowest BCUT2D eigenvalue weighted by Crippen LogP contribution is -2.53. The third-order valence-electron chi connectivity index (χ3n) is 5.66. The van der Waals surface area contributed by atoms with Crippen molar-refractivity contribution in [2.45, 2.75) is 6.54 Å². The van der Waals surface area contributed by atoms with Gasteiger partial charge in [0.25, 0.3) is 0 Å². The second-order valence-corrected chi connectivity index (χ2v) is 7.79. The molecule has 0 unspecified atom stereocenters. The summed E-state index contributed by atoms with van der Waals surface area (Å²) < 4.78 is 13.2. The fraction of sp³-hybridized carbons (Fsp3) is 0.240. The van der Waals surface area contributed by atoms with Crippen molar-refractivity contribution >= 4 is 23.3 Å². The summed E-state index contributed by atoms with van der Waals surface area (Å²) in [5.74, 6) is -0.0791. The van der Waals surface area contributed by atoms with Crippen LogP contribution in [0.2, 0.25) is 0 Å². The SMILES string of the molecule is O=C(CO)c1ccc(CN(C(=O)N2CCN(c3ccc(F)cc3)CC2)c2ccccn2)cc1. The van der Waals surface area contributed by atoms with Gasteiger partial charge in [-0.3, -0.25) is 9.69 Å². The number of carbonyl (C=O) groups is 2. The number of carbonyl (C=O) groups excluding carboxylic acids is 2. The third-order valence-corrected chi connectivity index (χ3v) is 5.66. The van der Waals surface area contributed by atoms with Gasteiger partial charge in [-0.15, -0.1) is 0 Å². The summed E-state index contributed by atoms with van der Waals surface area (Å²) in [7, 11) is 0. The van der Waals surface area contributed by atoms with Crippen molar-refractivity contribution in [1.29, 1.82) is 0 Å². The standard InChI is InChI=1S/C25H25FN4O3/c26-21-8-10-22(11-9-21)28-13-15-29(16-14-28)25(33)30(24-3-1-2-12-27-24)17-19-4-6-20(7-5-19)23(32)18-31/h1-12,31H,13-18H2. The Balaban J connectivity index is 1.47.